The molecule has 1 N–H and O–H groups in total. The third-order valence-electron chi connectivity index (χ3n) is 2.66. The largest absolute Gasteiger partial charge is 0.488 e. The van der Waals surface area contributed by atoms with Crippen molar-refractivity contribution in [3.05, 3.63) is 28.2 Å². The summed E-state index contributed by atoms with van der Waals surface area (Å²) in [6.07, 6.45) is 1.21. The lowest BCUT2D eigenvalue weighted by molar-refractivity contribution is 0.0600. The van der Waals surface area contributed by atoms with Crippen LogP contribution in [0, 0.1) is 0 Å². The van der Waals surface area contributed by atoms with E-state index in [2.05, 4.69) is 26.0 Å². The molecule has 1 heterocycles. The molecule has 0 unspecified atom stereocenters. The van der Waals surface area contributed by atoms with Crippen molar-refractivity contribution in [1.29, 1.82) is 0 Å². The first kappa shape index (κ1) is 12.4. The number of carbonyl (C=O) groups excluding carboxylic acids is 1. The van der Waals surface area contributed by atoms with E-state index in [4.69, 9.17) is 4.74 Å². The molecule has 0 saturated carbocycles. The van der Waals surface area contributed by atoms with Crippen LogP contribution in [-0.2, 0) is 4.74 Å². The molecule has 4 nitrogen and oxygen atoms in total. The van der Waals surface area contributed by atoms with E-state index in [0.717, 1.165) is 29.7 Å². The number of hydrogen-bond donors (Lipinski definition) is 1. The maximum Gasteiger partial charge on any atom is 0.337 e. The van der Waals surface area contributed by atoms with Gasteiger partial charge in [0.15, 0.2) is 0 Å². The number of hydrogen-bond acceptors (Lipinski definition) is 4. The van der Waals surface area contributed by atoms with Crippen LogP contribution in [0.4, 0.5) is 0 Å². The number of nitrogens with one attached hydrogen (secondary N) is 1. The average Bonchev–Trinajstić information content (AvgIpc) is 2.83. The summed E-state index contributed by atoms with van der Waals surface area (Å²) in [6.45, 7) is 1.85. The van der Waals surface area contributed by atoms with Crippen molar-refractivity contribution >= 4 is 21.9 Å². The lowest BCUT2D eigenvalue weighted by Crippen LogP contribution is -2.19. The summed E-state index contributed by atoms with van der Waals surface area (Å²) in [6, 6.07) is 5.20. The average molecular weight is 300 g/mol. The molecule has 17 heavy (non-hydrogen) atoms. The van der Waals surface area contributed by atoms with Crippen LogP contribution in [0.3, 0.4) is 0 Å². The Morgan fingerprint density at radius 1 is 1.53 bits per heavy atom. The molecule has 1 aromatic rings. The molecule has 0 radical (unpaired) electrons. The van der Waals surface area contributed by atoms with E-state index < -0.39 is 0 Å². The number of methoxy groups -OCH3 is 1. The normalized spacial score (nSPS) is 19.1. The molecule has 1 saturated heterocycles. The highest BCUT2D eigenvalue weighted by Crippen LogP contribution is 2.28. The Hall–Kier alpha value is -1.07. The van der Waals surface area contributed by atoms with Crippen LogP contribution in [0.2, 0.25) is 0 Å². The molecular formula is C12H14BrNO3. The van der Waals surface area contributed by atoms with Crippen molar-refractivity contribution in [3.63, 3.8) is 0 Å². The van der Waals surface area contributed by atoms with Crippen LogP contribution < -0.4 is 10.1 Å². The van der Waals surface area contributed by atoms with Gasteiger partial charge in [-0.1, -0.05) is 0 Å². The third kappa shape index (κ3) is 2.98. The van der Waals surface area contributed by atoms with Crippen LogP contribution >= 0.6 is 15.9 Å². The maximum absolute atomic E-state index is 11.3. The van der Waals surface area contributed by atoms with Gasteiger partial charge in [-0.25, -0.2) is 4.79 Å². The zero-order chi connectivity index (χ0) is 12.3. The third-order valence-corrected chi connectivity index (χ3v) is 3.28. The number of ether oxygens (including phenoxy) is 2. The van der Waals surface area contributed by atoms with Crippen molar-refractivity contribution in [3.8, 4) is 5.75 Å². The minimum absolute atomic E-state index is 0.204. The summed E-state index contributed by atoms with van der Waals surface area (Å²) < 4.78 is 11.2. The molecule has 0 aromatic heterocycles. The lowest BCUT2D eigenvalue weighted by atomic mass is 10.2. The SMILES string of the molecule is COC(=O)c1ccc(O[C@@H]2CCNC2)c(Br)c1. The quantitative estimate of drug-likeness (QED) is 0.867. The molecular weight excluding hydrogens is 286 g/mol. The Kier molecular flexibility index (Phi) is 4.02. The van der Waals surface area contributed by atoms with Crippen LogP contribution in [-0.4, -0.2) is 32.3 Å². The van der Waals surface area contributed by atoms with E-state index in [0.29, 0.717) is 5.56 Å². The van der Waals surface area contributed by atoms with Gasteiger partial charge >= 0.3 is 5.97 Å². The molecule has 1 aliphatic rings. The van der Waals surface area contributed by atoms with Crippen LogP contribution in [0.1, 0.15) is 16.8 Å². The molecule has 0 amide bonds. The fourth-order valence-electron chi connectivity index (χ4n) is 1.75. The predicted molar refractivity (Wildman–Crippen MR) is 67.4 cm³/mol. The maximum atomic E-state index is 11.3. The van der Waals surface area contributed by atoms with Crippen molar-refractivity contribution in [2.24, 2.45) is 0 Å². The van der Waals surface area contributed by atoms with Gasteiger partial charge in [0.1, 0.15) is 11.9 Å². The first-order valence-electron chi connectivity index (χ1n) is 5.46. The minimum Gasteiger partial charge on any atom is -0.488 e. The molecule has 1 fully saturated rings. The fraction of sp³-hybridized carbons (Fsp3) is 0.417. The van der Waals surface area contributed by atoms with E-state index in [1.165, 1.54) is 7.11 Å². The molecule has 1 aliphatic heterocycles. The minimum atomic E-state index is -0.347. The summed E-state index contributed by atoms with van der Waals surface area (Å²) in [4.78, 5) is 11.3. The Labute approximate surface area is 108 Å². The Morgan fingerprint density at radius 3 is 2.94 bits per heavy atom. The van der Waals surface area contributed by atoms with E-state index >= 15 is 0 Å². The molecule has 0 aliphatic carbocycles. The second kappa shape index (κ2) is 5.51. The van der Waals surface area contributed by atoms with Crippen molar-refractivity contribution in [2.45, 2.75) is 12.5 Å². The molecule has 2 rings (SSSR count). The Balaban J connectivity index is 2.10. The number of benzene rings is 1. The molecule has 0 spiro atoms. The van der Waals surface area contributed by atoms with Gasteiger partial charge in [-0.05, 0) is 47.1 Å². The van der Waals surface area contributed by atoms with Crippen molar-refractivity contribution in [2.75, 3.05) is 20.2 Å². The van der Waals surface area contributed by atoms with E-state index in [1.54, 1.807) is 18.2 Å². The monoisotopic (exact) mass is 299 g/mol. The van der Waals surface area contributed by atoms with Gasteiger partial charge in [0.05, 0.1) is 17.1 Å². The van der Waals surface area contributed by atoms with Crippen LogP contribution in [0.15, 0.2) is 22.7 Å². The molecule has 1 aromatic carbocycles. The number of carbonyl (C=O) groups is 1. The highest BCUT2D eigenvalue weighted by atomic mass is 79.9. The Morgan fingerprint density at radius 2 is 2.35 bits per heavy atom. The van der Waals surface area contributed by atoms with Crippen molar-refractivity contribution < 1.29 is 14.3 Å². The fourth-order valence-corrected chi connectivity index (χ4v) is 2.22. The van der Waals surface area contributed by atoms with Gasteiger partial charge in [0.25, 0.3) is 0 Å². The highest BCUT2D eigenvalue weighted by Gasteiger charge is 2.17. The number of halogens is 1. The number of esters is 1. The standard InChI is InChI=1S/C12H14BrNO3/c1-16-12(15)8-2-3-11(10(13)6-8)17-9-4-5-14-7-9/h2-3,6,9,14H,4-5,7H2,1H3/t9-/m1/s1. The van der Waals surface area contributed by atoms with Gasteiger partial charge in [0.2, 0.25) is 0 Å². The van der Waals surface area contributed by atoms with Crippen LogP contribution in [0.5, 0.6) is 5.75 Å². The summed E-state index contributed by atoms with van der Waals surface area (Å²) in [5, 5.41) is 3.24. The smallest absolute Gasteiger partial charge is 0.337 e. The zero-order valence-electron chi connectivity index (χ0n) is 9.53. The summed E-state index contributed by atoms with van der Waals surface area (Å²) in [5.74, 6) is 0.408. The molecule has 5 heteroatoms. The van der Waals surface area contributed by atoms with Gasteiger partial charge < -0.3 is 14.8 Å². The first-order valence-corrected chi connectivity index (χ1v) is 6.25. The topological polar surface area (TPSA) is 47.6 Å². The molecule has 0 bridgehead atoms. The summed E-state index contributed by atoms with van der Waals surface area (Å²) in [7, 11) is 1.37. The summed E-state index contributed by atoms with van der Waals surface area (Å²) in [5.41, 5.74) is 0.510. The Bertz CT molecular complexity index is 416. The van der Waals surface area contributed by atoms with Crippen LogP contribution in [0.25, 0.3) is 0 Å². The predicted octanol–water partition coefficient (Wildman–Crippen LogP) is 1.98. The number of rotatable bonds is 3. The van der Waals surface area contributed by atoms with E-state index in [9.17, 15) is 4.79 Å². The summed E-state index contributed by atoms with van der Waals surface area (Å²) >= 11 is 3.40. The van der Waals surface area contributed by atoms with Gasteiger partial charge in [-0.15, -0.1) is 0 Å². The zero-order valence-corrected chi connectivity index (χ0v) is 11.1. The van der Waals surface area contributed by atoms with Gasteiger partial charge in [-0.2, -0.15) is 0 Å². The molecule has 92 valence electrons. The first-order chi connectivity index (χ1) is 8.20. The van der Waals surface area contributed by atoms with Crippen molar-refractivity contribution in [1.82, 2.24) is 5.32 Å². The van der Waals surface area contributed by atoms with Gasteiger partial charge in [0, 0.05) is 6.54 Å². The van der Waals surface area contributed by atoms with E-state index in [-0.39, 0.29) is 12.1 Å². The van der Waals surface area contributed by atoms with Gasteiger partial charge in [-0.3, -0.25) is 0 Å². The molecule has 1 atom stereocenters. The lowest BCUT2D eigenvalue weighted by Gasteiger charge is -2.14. The highest BCUT2D eigenvalue weighted by molar-refractivity contribution is 9.10. The van der Waals surface area contributed by atoms with E-state index in [1.807, 2.05) is 0 Å². The second-order valence-electron chi connectivity index (χ2n) is 3.87. The second-order valence-corrected chi connectivity index (χ2v) is 4.72.